The van der Waals surface area contributed by atoms with E-state index in [-0.39, 0.29) is 6.61 Å². The summed E-state index contributed by atoms with van der Waals surface area (Å²) in [6, 6.07) is 5.13. The van der Waals surface area contributed by atoms with Crippen LogP contribution in [0, 0.1) is 0 Å². The number of pyridine rings is 2. The molecule has 2 aromatic heterocycles. The van der Waals surface area contributed by atoms with Crippen molar-refractivity contribution >= 4 is 10.9 Å². The molecule has 2 heterocycles. The summed E-state index contributed by atoms with van der Waals surface area (Å²) in [7, 11) is 0. The van der Waals surface area contributed by atoms with Gasteiger partial charge >= 0.3 is 0 Å². The van der Waals surface area contributed by atoms with E-state index in [1.54, 1.807) is 12.4 Å². The number of aliphatic hydroxyl groups excluding tert-OH is 1. The zero-order valence-electron chi connectivity index (χ0n) is 7.59. The smallest absolute Gasteiger partial charge is 0.0736 e. The van der Waals surface area contributed by atoms with Crippen molar-refractivity contribution in [2.75, 3.05) is 6.61 Å². The first-order valence-electron chi connectivity index (χ1n) is 4.38. The first-order valence-corrected chi connectivity index (χ1v) is 4.38. The monoisotopic (exact) mass is 189 g/mol. The summed E-state index contributed by atoms with van der Waals surface area (Å²) in [5.74, 6) is 0. The second-order valence-corrected chi connectivity index (χ2v) is 3.09. The maximum Gasteiger partial charge on any atom is 0.0736 e. The average Bonchev–Trinajstić information content (AvgIpc) is 2.27. The molecule has 2 rings (SSSR count). The molecule has 0 aromatic carbocycles. The molecule has 0 aliphatic carbocycles. The number of fused-ring (bicyclic) bond motifs is 1. The second-order valence-electron chi connectivity index (χ2n) is 3.09. The molecule has 0 aliphatic rings. The van der Waals surface area contributed by atoms with Gasteiger partial charge in [-0.05, 0) is 18.2 Å². The van der Waals surface area contributed by atoms with Gasteiger partial charge in [0.2, 0.25) is 0 Å². The Morgan fingerprint density at radius 1 is 1.36 bits per heavy atom. The summed E-state index contributed by atoms with van der Waals surface area (Å²) in [4.78, 5) is 8.31. The highest BCUT2D eigenvalue weighted by Crippen LogP contribution is 2.13. The standard InChI is InChI=1S/C10H11N3O/c11-8(6-14)10-2-1-7-5-12-4-3-9(7)13-10/h1-5,8,14H,6,11H2/t8-/m1/s1. The van der Waals surface area contributed by atoms with Crippen LogP contribution in [0.1, 0.15) is 11.7 Å². The molecule has 0 unspecified atom stereocenters. The zero-order valence-corrected chi connectivity index (χ0v) is 7.59. The minimum absolute atomic E-state index is 0.0937. The van der Waals surface area contributed by atoms with Gasteiger partial charge < -0.3 is 10.8 Å². The van der Waals surface area contributed by atoms with E-state index < -0.39 is 6.04 Å². The number of hydrogen-bond donors (Lipinski definition) is 2. The molecule has 0 spiro atoms. The Morgan fingerprint density at radius 2 is 2.21 bits per heavy atom. The van der Waals surface area contributed by atoms with Gasteiger partial charge in [0.1, 0.15) is 0 Å². The maximum absolute atomic E-state index is 8.88. The molecule has 72 valence electrons. The van der Waals surface area contributed by atoms with Gasteiger partial charge in [0.15, 0.2) is 0 Å². The van der Waals surface area contributed by atoms with Crippen LogP contribution < -0.4 is 5.73 Å². The van der Waals surface area contributed by atoms with Crippen molar-refractivity contribution in [1.82, 2.24) is 9.97 Å². The number of aromatic nitrogens is 2. The molecule has 0 amide bonds. The van der Waals surface area contributed by atoms with Crippen molar-refractivity contribution in [2.45, 2.75) is 6.04 Å². The highest BCUT2D eigenvalue weighted by Gasteiger charge is 2.05. The van der Waals surface area contributed by atoms with Crippen LogP contribution in [0.5, 0.6) is 0 Å². The molecule has 0 saturated heterocycles. The zero-order chi connectivity index (χ0) is 9.97. The van der Waals surface area contributed by atoms with Gasteiger partial charge in [-0.1, -0.05) is 0 Å². The Bertz CT molecular complexity index is 444. The van der Waals surface area contributed by atoms with Crippen molar-refractivity contribution in [2.24, 2.45) is 5.73 Å². The lowest BCUT2D eigenvalue weighted by molar-refractivity contribution is 0.266. The van der Waals surface area contributed by atoms with Crippen molar-refractivity contribution in [3.8, 4) is 0 Å². The lowest BCUT2D eigenvalue weighted by atomic mass is 10.2. The third-order valence-corrected chi connectivity index (χ3v) is 2.09. The van der Waals surface area contributed by atoms with Gasteiger partial charge in [0.05, 0.1) is 23.9 Å². The SMILES string of the molecule is N[C@H](CO)c1ccc2cnccc2n1. The normalized spacial score (nSPS) is 13.0. The predicted molar refractivity (Wildman–Crippen MR) is 53.6 cm³/mol. The Kier molecular flexibility index (Phi) is 2.39. The van der Waals surface area contributed by atoms with Crippen LogP contribution in [-0.4, -0.2) is 21.7 Å². The molecule has 4 heteroatoms. The fraction of sp³-hybridized carbons (Fsp3) is 0.200. The quantitative estimate of drug-likeness (QED) is 0.726. The van der Waals surface area contributed by atoms with Gasteiger partial charge in [-0.2, -0.15) is 0 Å². The number of nitrogens with two attached hydrogens (primary N) is 1. The average molecular weight is 189 g/mol. The first kappa shape index (κ1) is 9.05. The van der Waals surface area contributed by atoms with Crippen molar-refractivity contribution < 1.29 is 5.11 Å². The molecule has 0 aliphatic heterocycles. The Balaban J connectivity index is 2.51. The van der Waals surface area contributed by atoms with Gasteiger partial charge in [-0.25, -0.2) is 0 Å². The topological polar surface area (TPSA) is 72.0 Å². The highest BCUT2D eigenvalue weighted by atomic mass is 16.3. The first-order chi connectivity index (χ1) is 6.81. The summed E-state index contributed by atoms with van der Waals surface area (Å²) in [6.07, 6.45) is 3.43. The summed E-state index contributed by atoms with van der Waals surface area (Å²) in [5.41, 5.74) is 7.21. The molecule has 14 heavy (non-hydrogen) atoms. The summed E-state index contributed by atoms with van der Waals surface area (Å²) < 4.78 is 0. The van der Waals surface area contributed by atoms with Crippen molar-refractivity contribution in [3.63, 3.8) is 0 Å². The van der Waals surface area contributed by atoms with Gasteiger partial charge in [-0.3, -0.25) is 9.97 Å². The largest absolute Gasteiger partial charge is 0.394 e. The van der Waals surface area contributed by atoms with Gasteiger partial charge in [0.25, 0.3) is 0 Å². The summed E-state index contributed by atoms with van der Waals surface area (Å²) in [5, 5.41) is 9.86. The molecule has 0 fully saturated rings. The van der Waals surface area contributed by atoms with Crippen LogP contribution in [-0.2, 0) is 0 Å². The number of hydrogen-bond acceptors (Lipinski definition) is 4. The summed E-state index contributed by atoms with van der Waals surface area (Å²) >= 11 is 0. The van der Waals surface area contributed by atoms with Crippen LogP contribution in [0.2, 0.25) is 0 Å². The Hall–Kier alpha value is -1.52. The maximum atomic E-state index is 8.88. The number of aliphatic hydroxyl groups is 1. The minimum atomic E-state index is -0.410. The van der Waals surface area contributed by atoms with Crippen LogP contribution in [0.15, 0.2) is 30.6 Å². The lowest BCUT2D eigenvalue weighted by Gasteiger charge is -2.07. The van der Waals surface area contributed by atoms with Crippen LogP contribution >= 0.6 is 0 Å². The van der Waals surface area contributed by atoms with Crippen molar-refractivity contribution in [3.05, 3.63) is 36.3 Å². The molecule has 1 atom stereocenters. The summed E-state index contributed by atoms with van der Waals surface area (Å²) in [6.45, 7) is -0.0937. The fourth-order valence-electron chi connectivity index (χ4n) is 1.28. The number of rotatable bonds is 2. The van der Waals surface area contributed by atoms with Crippen LogP contribution in [0.4, 0.5) is 0 Å². The van der Waals surface area contributed by atoms with E-state index in [0.717, 1.165) is 10.9 Å². The number of nitrogens with zero attached hydrogens (tertiary/aromatic N) is 2. The molecule has 0 radical (unpaired) electrons. The second kappa shape index (κ2) is 3.69. The van der Waals surface area contributed by atoms with Gasteiger partial charge in [0, 0.05) is 17.8 Å². The molecule has 3 N–H and O–H groups in total. The van der Waals surface area contributed by atoms with E-state index in [1.807, 2.05) is 18.2 Å². The third kappa shape index (κ3) is 1.57. The van der Waals surface area contributed by atoms with Crippen LogP contribution in [0.3, 0.4) is 0 Å². The van der Waals surface area contributed by atoms with E-state index in [0.29, 0.717) is 5.69 Å². The minimum Gasteiger partial charge on any atom is -0.394 e. The van der Waals surface area contributed by atoms with E-state index in [9.17, 15) is 0 Å². The van der Waals surface area contributed by atoms with E-state index in [1.165, 1.54) is 0 Å². The lowest BCUT2D eigenvalue weighted by Crippen LogP contribution is -2.15. The van der Waals surface area contributed by atoms with E-state index >= 15 is 0 Å². The molecular formula is C10H11N3O. The third-order valence-electron chi connectivity index (χ3n) is 2.09. The molecular weight excluding hydrogens is 178 g/mol. The molecule has 4 nitrogen and oxygen atoms in total. The Morgan fingerprint density at radius 3 is 3.00 bits per heavy atom. The predicted octanol–water partition coefficient (Wildman–Crippen LogP) is 0.622. The molecule has 2 aromatic rings. The van der Waals surface area contributed by atoms with E-state index in [2.05, 4.69) is 9.97 Å². The highest BCUT2D eigenvalue weighted by molar-refractivity contribution is 5.77. The molecule has 0 bridgehead atoms. The van der Waals surface area contributed by atoms with Crippen molar-refractivity contribution in [1.29, 1.82) is 0 Å². The Labute approximate surface area is 81.4 Å². The van der Waals surface area contributed by atoms with Crippen LogP contribution in [0.25, 0.3) is 10.9 Å². The fourth-order valence-corrected chi connectivity index (χ4v) is 1.28. The molecule has 0 saturated carbocycles. The van der Waals surface area contributed by atoms with Gasteiger partial charge in [-0.15, -0.1) is 0 Å². The van der Waals surface area contributed by atoms with E-state index in [4.69, 9.17) is 10.8 Å².